The maximum absolute atomic E-state index is 10.7. The van der Waals surface area contributed by atoms with Gasteiger partial charge in [-0.2, -0.15) is 0 Å². The van der Waals surface area contributed by atoms with Crippen molar-refractivity contribution in [1.29, 1.82) is 0 Å². The molecule has 0 radical (unpaired) electrons. The van der Waals surface area contributed by atoms with Gasteiger partial charge in [0, 0.05) is 19.1 Å². The summed E-state index contributed by atoms with van der Waals surface area (Å²) in [7, 11) is 2.16. The SMILES string of the molecule is CCNC(=NCC(C)(O)c1ccccc1)NCCCCN(C)C(C)C. The molecule has 0 aliphatic rings. The second-order valence-corrected chi connectivity index (χ2v) is 7.04. The Kier molecular flexibility index (Phi) is 9.53. The number of rotatable bonds is 10. The standard InChI is InChI=1S/C20H36N4O/c1-6-21-19(22-14-10-11-15-24(5)17(2)3)23-16-20(4,25)18-12-8-7-9-13-18/h7-9,12-13,17,25H,6,10-11,14-16H2,1-5H3,(H2,21,22,23). The van der Waals surface area contributed by atoms with Gasteiger partial charge in [-0.1, -0.05) is 30.3 Å². The van der Waals surface area contributed by atoms with Crippen LogP contribution in [0.25, 0.3) is 0 Å². The molecule has 0 spiro atoms. The monoisotopic (exact) mass is 348 g/mol. The lowest BCUT2D eigenvalue weighted by atomic mass is 9.96. The third kappa shape index (κ3) is 8.36. The van der Waals surface area contributed by atoms with Crippen LogP contribution in [0.3, 0.4) is 0 Å². The molecule has 5 heteroatoms. The quantitative estimate of drug-likeness (QED) is 0.345. The van der Waals surface area contributed by atoms with Gasteiger partial charge in [-0.3, -0.25) is 0 Å². The van der Waals surface area contributed by atoms with Gasteiger partial charge in [-0.25, -0.2) is 4.99 Å². The van der Waals surface area contributed by atoms with Crippen molar-refractivity contribution in [1.82, 2.24) is 15.5 Å². The average molecular weight is 349 g/mol. The summed E-state index contributed by atoms with van der Waals surface area (Å²) in [5.41, 5.74) is -0.0878. The normalized spacial score (nSPS) is 14.6. The van der Waals surface area contributed by atoms with Gasteiger partial charge < -0.3 is 20.6 Å². The van der Waals surface area contributed by atoms with E-state index in [0.29, 0.717) is 12.6 Å². The first kappa shape index (κ1) is 21.5. The molecule has 25 heavy (non-hydrogen) atoms. The van der Waals surface area contributed by atoms with E-state index in [4.69, 9.17) is 0 Å². The van der Waals surface area contributed by atoms with Crippen LogP contribution < -0.4 is 10.6 Å². The summed E-state index contributed by atoms with van der Waals surface area (Å²) in [5, 5.41) is 17.3. The third-order valence-corrected chi connectivity index (χ3v) is 4.40. The zero-order chi connectivity index (χ0) is 18.7. The van der Waals surface area contributed by atoms with Crippen molar-refractivity contribution in [3.05, 3.63) is 35.9 Å². The van der Waals surface area contributed by atoms with Gasteiger partial charge in [-0.05, 0) is 59.7 Å². The number of hydrogen-bond acceptors (Lipinski definition) is 3. The fraction of sp³-hybridized carbons (Fsp3) is 0.650. The number of hydrogen-bond donors (Lipinski definition) is 3. The number of benzene rings is 1. The summed E-state index contributed by atoms with van der Waals surface area (Å²) in [6, 6.07) is 10.3. The molecule has 0 amide bonds. The van der Waals surface area contributed by atoms with Crippen LogP contribution in [0.4, 0.5) is 0 Å². The van der Waals surface area contributed by atoms with E-state index in [1.165, 1.54) is 0 Å². The first-order valence-corrected chi connectivity index (χ1v) is 9.37. The minimum atomic E-state index is -0.969. The Morgan fingerprint density at radius 1 is 1.20 bits per heavy atom. The van der Waals surface area contributed by atoms with Crippen LogP contribution in [0.15, 0.2) is 35.3 Å². The van der Waals surface area contributed by atoms with Crippen LogP contribution in [-0.4, -0.2) is 55.2 Å². The van der Waals surface area contributed by atoms with Crippen molar-refractivity contribution in [2.75, 3.05) is 33.2 Å². The molecule has 0 saturated heterocycles. The highest BCUT2D eigenvalue weighted by Crippen LogP contribution is 2.20. The fourth-order valence-electron chi connectivity index (χ4n) is 2.41. The van der Waals surface area contributed by atoms with E-state index in [1.54, 1.807) is 6.92 Å². The van der Waals surface area contributed by atoms with Gasteiger partial charge in [0.25, 0.3) is 0 Å². The number of aliphatic hydroxyl groups is 1. The van der Waals surface area contributed by atoms with Gasteiger partial charge in [0.1, 0.15) is 5.60 Å². The molecule has 0 bridgehead atoms. The van der Waals surface area contributed by atoms with E-state index in [1.807, 2.05) is 37.3 Å². The minimum Gasteiger partial charge on any atom is -0.384 e. The zero-order valence-corrected chi connectivity index (χ0v) is 16.5. The second kappa shape index (κ2) is 11.1. The first-order chi connectivity index (χ1) is 11.9. The summed E-state index contributed by atoms with van der Waals surface area (Å²) in [5.74, 6) is 0.760. The van der Waals surface area contributed by atoms with Gasteiger partial charge in [0.2, 0.25) is 0 Å². The van der Waals surface area contributed by atoms with Gasteiger partial charge in [0.05, 0.1) is 6.54 Å². The van der Waals surface area contributed by atoms with E-state index in [9.17, 15) is 5.11 Å². The van der Waals surface area contributed by atoms with Gasteiger partial charge >= 0.3 is 0 Å². The molecule has 1 unspecified atom stereocenters. The van der Waals surface area contributed by atoms with Crippen molar-refractivity contribution in [3.63, 3.8) is 0 Å². The molecule has 0 aliphatic heterocycles. The molecule has 142 valence electrons. The molecule has 1 aromatic carbocycles. The molecule has 1 rings (SSSR count). The van der Waals surface area contributed by atoms with Crippen LogP contribution >= 0.6 is 0 Å². The molecule has 5 nitrogen and oxygen atoms in total. The Morgan fingerprint density at radius 3 is 2.48 bits per heavy atom. The summed E-state index contributed by atoms with van der Waals surface area (Å²) in [6.45, 7) is 11.4. The van der Waals surface area contributed by atoms with Crippen molar-refractivity contribution in [3.8, 4) is 0 Å². The Bertz CT molecular complexity index is 500. The molecule has 0 heterocycles. The molecule has 0 aliphatic carbocycles. The topological polar surface area (TPSA) is 59.9 Å². The molecule has 3 N–H and O–H groups in total. The number of guanidine groups is 1. The number of nitrogens with one attached hydrogen (secondary N) is 2. The minimum absolute atomic E-state index is 0.322. The van der Waals surface area contributed by atoms with E-state index in [2.05, 4.69) is 41.4 Å². The summed E-state index contributed by atoms with van der Waals surface area (Å²) >= 11 is 0. The van der Waals surface area contributed by atoms with Crippen molar-refractivity contribution >= 4 is 5.96 Å². The first-order valence-electron chi connectivity index (χ1n) is 9.37. The summed E-state index contributed by atoms with van der Waals surface area (Å²) in [6.07, 6.45) is 2.25. The highest BCUT2D eigenvalue weighted by Gasteiger charge is 2.22. The Labute approximate surface area is 153 Å². The number of unbranched alkanes of at least 4 members (excludes halogenated alkanes) is 1. The maximum atomic E-state index is 10.7. The lowest BCUT2D eigenvalue weighted by molar-refractivity contribution is 0.0672. The van der Waals surface area contributed by atoms with Gasteiger partial charge in [-0.15, -0.1) is 0 Å². The average Bonchev–Trinajstić information content (AvgIpc) is 2.59. The lowest BCUT2D eigenvalue weighted by Crippen LogP contribution is -2.39. The number of nitrogens with zero attached hydrogens (tertiary/aromatic N) is 2. The lowest BCUT2D eigenvalue weighted by Gasteiger charge is -2.23. The predicted octanol–water partition coefficient (Wildman–Crippen LogP) is 2.57. The zero-order valence-electron chi connectivity index (χ0n) is 16.5. The van der Waals surface area contributed by atoms with Crippen LogP contribution in [0.5, 0.6) is 0 Å². The highest BCUT2D eigenvalue weighted by atomic mass is 16.3. The van der Waals surface area contributed by atoms with Crippen molar-refractivity contribution < 1.29 is 5.11 Å². The Balaban J connectivity index is 2.46. The fourth-order valence-corrected chi connectivity index (χ4v) is 2.41. The third-order valence-electron chi connectivity index (χ3n) is 4.40. The summed E-state index contributed by atoms with van der Waals surface area (Å²) < 4.78 is 0. The largest absolute Gasteiger partial charge is 0.384 e. The molecule has 0 fully saturated rings. The van der Waals surface area contributed by atoms with Crippen LogP contribution in [0, 0.1) is 0 Å². The predicted molar refractivity (Wildman–Crippen MR) is 107 cm³/mol. The van der Waals surface area contributed by atoms with E-state index in [-0.39, 0.29) is 0 Å². The van der Waals surface area contributed by atoms with E-state index < -0.39 is 5.60 Å². The van der Waals surface area contributed by atoms with E-state index in [0.717, 1.165) is 44.0 Å². The van der Waals surface area contributed by atoms with Gasteiger partial charge in [0.15, 0.2) is 5.96 Å². The maximum Gasteiger partial charge on any atom is 0.191 e. The smallest absolute Gasteiger partial charge is 0.191 e. The molecule has 1 aromatic rings. The second-order valence-electron chi connectivity index (χ2n) is 7.04. The number of aliphatic imine (C=N–C) groups is 1. The van der Waals surface area contributed by atoms with E-state index >= 15 is 0 Å². The van der Waals surface area contributed by atoms with Crippen LogP contribution in [0.2, 0.25) is 0 Å². The summed E-state index contributed by atoms with van der Waals surface area (Å²) in [4.78, 5) is 6.91. The Hall–Kier alpha value is -1.59. The van der Waals surface area contributed by atoms with Crippen LogP contribution in [0.1, 0.15) is 46.1 Å². The van der Waals surface area contributed by atoms with Crippen LogP contribution in [-0.2, 0) is 5.60 Å². The molecule has 1 atom stereocenters. The Morgan fingerprint density at radius 2 is 1.88 bits per heavy atom. The molecular formula is C20H36N4O. The highest BCUT2D eigenvalue weighted by molar-refractivity contribution is 5.79. The van der Waals surface area contributed by atoms with Crippen molar-refractivity contribution in [2.45, 2.75) is 52.2 Å². The molecule has 0 saturated carbocycles. The molecule has 0 aromatic heterocycles. The molecular weight excluding hydrogens is 312 g/mol. The van der Waals surface area contributed by atoms with Crippen molar-refractivity contribution in [2.24, 2.45) is 4.99 Å².